The van der Waals surface area contributed by atoms with Crippen LogP contribution in [0.25, 0.3) is 10.8 Å². The van der Waals surface area contributed by atoms with Gasteiger partial charge in [0.2, 0.25) is 23.1 Å². The molecule has 0 saturated heterocycles. The largest absolute Gasteiger partial charge is 0.501 e. The van der Waals surface area contributed by atoms with Crippen molar-refractivity contribution in [3.05, 3.63) is 59.0 Å². The number of halogens is 2. The van der Waals surface area contributed by atoms with Crippen LogP contribution < -0.4 is 0 Å². The molecule has 4 nitrogen and oxygen atoms in total. The maximum atomic E-state index is 11.8. The number of benzene rings is 2. The third-order valence-electron chi connectivity index (χ3n) is 3.03. The van der Waals surface area contributed by atoms with Crippen LogP contribution in [0, 0.1) is 0 Å². The second-order valence-corrected chi connectivity index (χ2v) is 4.10. The fourth-order valence-electron chi connectivity index (χ4n) is 2.09. The van der Waals surface area contributed by atoms with Gasteiger partial charge in [-0.3, -0.25) is 9.59 Å². The molecule has 0 atom stereocenters. The van der Waals surface area contributed by atoms with Gasteiger partial charge in [0.25, 0.3) is 0 Å². The van der Waals surface area contributed by atoms with Gasteiger partial charge in [0.05, 0.1) is 0 Å². The second kappa shape index (κ2) is 5.53. The van der Waals surface area contributed by atoms with Gasteiger partial charge in [-0.1, -0.05) is 24.3 Å². The average molecular weight is 313 g/mol. The zero-order chi connectivity index (χ0) is 12.9. The van der Waals surface area contributed by atoms with Crippen molar-refractivity contribution in [1.82, 2.24) is 0 Å². The molecule has 0 amide bonds. The normalized spacial score (nSPS) is 13.6. The predicted molar refractivity (Wildman–Crippen MR) is 79.4 cm³/mol. The van der Waals surface area contributed by atoms with Crippen LogP contribution in [0.1, 0.15) is 20.7 Å². The lowest BCUT2D eigenvalue weighted by molar-refractivity contribution is 0.0881. The molecule has 104 valence electrons. The molecule has 3 rings (SSSR count). The van der Waals surface area contributed by atoms with Crippen LogP contribution in [0.3, 0.4) is 0 Å². The third kappa shape index (κ3) is 2.13. The Labute approximate surface area is 126 Å². The van der Waals surface area contributed by atoms with Gasteiger partial charge in [0, 0.05) is 11.1 Å². The van der Waals surface area contributed by atoms with E-state index in [0.717, 1.165) is 10.8 Å². The Bertz CT molecular complexity index is 687. The number of aliphatic hydroxyl groups excluding tert-OH is 2. The first-order chi connectivity index (χ1) is 8.59. The summed E-state index contributed by atoms with van der Waals surface area (Å²) in [6, 6.07) is 10.3. The second-order valence-electron chi connectivity index (χ2n) is 4.10. The molecule has 2 N–H and O–H groups in total. The Morgan fingerprint density at radius 3 is 1.40 bits per heavy atom. The standard InChI is InChI=1S/C14H8O4.2ClH/c15-11-9-5-7-3-1-2-4-8(7)6-10(9)12(16)14(18)13(11)17;;/h1-6,17-18H;2*1H. The number of fused-ring (bicyclic) bond motifs is 2. The van der Waals surface area contributed by atoms with Crippen LogP contribution in [-0.4, -0.2) is 21.8 Å². The van der Waals surface area contributed by atoms with Crippen LogP contribution in [0.2, 0.25) is 0 Å². The van der Waals surface area contributed by atoms with E-state index >= 15 is 0 Å². The van der Waals surface area contributed by atoms with Crippen molar-refractivity contribution in [1.29, 1.82) is 0 Å². The summed E-state index contributed by atoms with van der Waals surface area (Å²) in [6.45, 7) is 0. The van der Waals surface area contributed by atoms with Gasteiger partial charge in [-0.25, -0.2) is 0 Å². The van der Waals surface area contributed by atoms with Crippen LogP contribution >= 0.6 is 24.8 Å². The monoisotopic (exact) mass is 312 g/mol. The first-order valence-corrected chi connectivity index (χ1v) is 5.34. The fourth-order valence-corrected chi connectivity index (χ4v) is 2.09. The molecule has 0 bridgehead atoms. The van der Waals surface area contributed by atoms with Gasteiger partial charge in [0.1, 0.15) is 0 Å². The van der Waals surface area contributed by atoms with Gasteiger partial charge in [-0.05, 0) is 22.9 Å². The van der Waals surface area contributed by atoms with E-state index in [1.165, 1.54) is 0 Å². The van der Waals surface area contributed by atoms with Crippen molar-refractivity contribution < 1.29 is 19.8 Å². The fraction of sp³-hybridized carbons (Fsp3) is 0. The molecule has 0 fully saturated rings. The van der Waals surface area contributed by atoms with Crippen molar-refractivity contribution in [3.8, 4) is 0 Å². The van der Waals surface area contributed by atoms with Crippen molar-refractivity contribution in [2.45, 2.75) is 0 Å². The van der Waals surface area contributed by atoms with Crippen LogP contribution in [-0.2, 0) is 0 Å². The molecule has 0 spiro atoms. The number of carbonyl (C=O) groups excluding carboxylic acids is 2. The Morgan fingerprint density at radius 1 is 0.700 bits per heavy atom. The summed E-state index contributed by atoms with van der Waals surface area (Å²) in [5.74, 6) is -3.23. The zero-order valence-electron chi connectivity index (χ0n) is 9.99. The lowest BCUT2D eigenvalue weighted by Crippen LogP contribution is -2.21. The number of Topliss-reactive ketones (excluding diaryl/α,β-unsaturated/α-hetero) is 2. The van der Waals surface area contributed by atoms with E-state index in [4.69, 9.17) is 0 Å². The molecule has 1 aliphatic rings. The van der Waals surface area contributed by atoms with E-state index in [0.29, 0.717) is 0 Å². The molecular formula is C14H10Cl2O4. The van der Waals surface area contributed by atoms with Gasteiger partial charge in [0.15, 0.2) is 0 Å². The molecule has 0 unspecified atom stereocenters. The van der Waals surface area contributed by atoms with Gasteiger partial charge < -0.3 is 10.2 Å². The minimum atomic E-state index is -0.886. The third-order valence-corrected chi connectivity index (χ3v) is 3.03. The zero-order valence-corrected chi connectivity index (χ0v) is 11.6. The number of aliphatic hydroxyl groups is 2. The summed E-state index contributed by atoms with van der Waals surface area (Å²) in [7, 11) is 0. The number of rotatable bonds is 0. The molecule has 0 heterocycles. The highest BCUT2D eigenvalue weighted by molar-refractivity contribution is 6.26. The van der Waals surface area contributed by atoms with Crippen molar-refractivity contribution in [2.24, 2.45) is 0 Å². The van der Waals surface area contributed by atoms with E-state index in [-0.39, 0.29) is 35.9 Å². The van der Waals surface area contributed by atoms with E-state index in [2.05, 4.69) is 0 Å². The molecule has 0 saturated carbocycles. The lowest BCUT2D eigenvalue weighted by Gasteiger charge is -2.14. The van der Waals surface area contributed by atoms with Crippen LogP contribution in [0.4, 0.5) is 0 Å². The van der Waals surface area contributed by atoms with Gasteiger partial charge in [-0.15, -0.1) is 24.8 Å². The summed E-state index contributed by atoms with van der Waals surface area (Å²) in [5, 5.41) is 20.4. The quantitative estimate of drug-likeness (QED) is 0.782. The van der Waals surface area contributed by atoms with Gasteiger partial charge in [-0.2, -0.15) is 0 Å². The Hall–Kier alpha value is -2.04. The molecule has 2 aromatic rings. The maximum absolute atomic E-state index is 11.8. The molecule has 2 aromatic carbocycles. The molecule has 20 heavy (non-hydrogen) atoms. The van der Waals surface area contributed by atoms with E-state index in [1.54, 1.807) is 12.1 Å². The minimum absolute atomic E-state index is 0. The Balaban J connectivity index is 0.000001000. The predicted octanol–water partition coefficient (Wildman–Crippen LogP) is 3.39. The van der Waals surface area contributed by atoms with Crippen molar-refractivity contribution >= 4 is 47.2 Å². The first kappa shape index (κ1) is 16.0. The lowest BCUT2D eigenvalue weighted by atomic mass is 9.90. The minimum Gasteiger partial charge on any atom is -0.501 e. The van der Waals surface area contributed by atoms with Crippen molar-refractivity contribution in [2.75, 3.05) is 0 Å². The highest BCUT2D eigenvalue weighted by Crippen LogP contribution is 2.28. The van der Waals surface area contributed by atoms with Crippen LogP contribution in [0.5, 0.6) is 0 Å². The van der Waals surface area contributed by atoms with Crippen molar-refractivity contribution in [3.63, 3.8) is 0 Å². The Morgan fingerprint density at radius 2 is 1.05 bits per heavy atom. The molecule has 6 heteroatoms. The molecule has 0 aliphatic heterocycles. The topological polar surface area (TPSA) is 74.6 Å². The SMILES string of the molecule is Cl.Cl.O=C1C(O)=C(O)C(=O)c2cc3ccccc3cc21. The number of allylic oxidation sites excluding steroid dienone is 2. The molecule has 0 aromatic heterocycles. The average Bonchev–Trinajstić information content (AvgIpc) is 2.41. The van der Waals surface area contributed by atoms with Gasteiger partial charge >= 0.3 is 0 Å². The summed E-state index contributed by atoms with van der Waals surface area (Å²) in [4.78, 5) is 23.6. The molecule has 1 aliphatic carbocycles. The Kier molecular flexibility index (Phi) is 4.43. The van der Waals surface area contributed by atoms with E-state index < -0.39 is 23.1 Å². The molecular weight excluding hydrogens is 303 g/mol. The summed E-state index contributed by atoms with van der Waals surface area (Å²) in [6.07, 6.45) is 0. The number of ketones is 2. The summed E-state index contributed by atoms with van der Waals surface area (Å²) in [5.41, 5.74) is 0.239. The maximum Gasteiger partial charge on any atom is 0.232 e. The number of carbonyl (C=O) groups is 2. The highest BCUT2D eigenvalue weighted by atomic mass is 35.5. The summed E-state index contributed by atoms with van der Waals surface area (Å²) >= 11 is 0. The first-order valence-electron chi connectivity index (χ1n) is 5.34. The van der Waals surface area contributed by atoms with E-state index in [9.17, 15) is 19.8 Å². The van der Waals surface area contributed by atoms with E-state index in [1.807, 2.05) is 24.3 Å². The smallest absolute Gasteiger partial charge is 0.232 e. The summed E-state index contributed by atoms with van der Waals surface area (Å²) < 4.78 is 0. The van der Waals surface area contributed by atoms with Crippen LogP contribution in [0.15, 0.2) is 47.9 Å². The number of hydrogen-bond donors (Lipinski definition) is 2. The number of hydrogen-bond acceptors (Lipinski definition) is 4. The highest BCUT2D eigenvalue weighted by Gasteiger charge is 2.32. The molecule has 0 radical (unpaired) electrons.